The average molecular weight is 324 g/mol. The molecule has 0 N–H and O–H groups in total. The quantitative estimate of drug-likeness (QED) is 0.451. The van der Waals surface area contributed by atoms with Crippen LogP contribution in [0, 0.1) is 3.57 Å². The van der Waals surface area contributed by atoms with Crippen LogP contribution in [0.4, 0.5) is 0 Å². The zero-order chi connectivity index (χ0) is 9.84. The predicted molar refractivity (Wildman–Crippen MR) is 63.5 cm³/mol. The Morgan fingerprint density at radius 2 is 2.31 bits per heavy atom. The summed E-state index contributed by atoms with van der Waals surface area (Å²) in [6.45, 7) is 0. The fourth-order valence-electron chi connectivity index (χ4n) is 0.763. The SMILES string of the molecule is O=C(N=C=S)c1cc(Cl)ccc1I. The molecule has 1 amide bonds. The van der Waals surface area contributed by atoms with Crippen molar-refractivity contribution < 1.29 is 4.79 Å². The number of amides is 1. The van der Waals surface area contributed by atoms with Crippen LogP contribution in [0.3, 0.4) is 0 Å². The van der Waals surface area contributed by atoms with Gasteiger partial charge in [0.05, 0.1) is 10.7 Å². The van der Waals surface area contributed by atoms with Crippen molar-refractivity contribution >= 4 is 57.5 Å². The lowest BCUT2D eigenvalue weighted by molar-refractivity contribution is 0.100. The van der Waals surface area contributed by atoms with Crippen molar-refractivity contribution in [3.05, 3.63) is 32.4 Å². The van der Waals surface area contributed by atoms with Crippen LogP contribution in [0.1, 0.15) is 10.4 Å². The van der Waals surface area contributed by atoms with Crippen LogP contribution in [0.2, 0.25) is 5.02 Å². The molecule has 1 rings (SSSR count). The highest BCUT2D eigenvalue weighted by molar-refractivity contribution is 14.1. The number of isothiocyanates is 1. The number of thiocarbonyl (C=S) groups is 1. The molecule has 0 aliphatic heterocycles. The van der Waals surface area contributed by atoms with Gasteiger partial charge >= 0.3 is 0 Å². The van der Waals surface area contributed by atoms with E-state index in [4.69, 9.17) is 11.6 Å². The lowest BCUT2D eigenvalue weighted by atomic mass is 10.2. The first-order valence-corrected chi connectivity index (χ1v) is 5.09. The van der Waals surface area contributed by atoms with Gasteiger partial charge in [0.1, 0.15) is 0 Å². The van der Waals surface area contributed by atoms with Crippen molar-refractivity contribution in [1.82, 2.24) is 0 Å². The summed E-state index contributed by atoms with van der Waals surface area (Å²) >= 11 is 12.1. The number of carbonyl (C=O) groups is 1. The fourth-order valence-corrected chi connectivity index (χ4v) is 1.58. The third kappa shape index (κ3) is 2.84. The minimum atomic E-state index is -0.415. The van der Waals surface area contributed by atoms with Gasteiger partial charge in [-0.25, -0.2) is 0 Å². The van der Waals surface area contributed by atoms with Gasteiger partial charge in [-0.3, -0.25) is 4.79 Å². The second kappa shape index (κ2) is 4.81. The molecule has 0 saturated carbocycles. The topological polar surface area (TPSA) is 29.4 Å². The molecule has 13 heavy (non-hydrogen) atoms. The smallest absolute Gasteiger partial charge is 0.266 e. The summed E-state index contributed by atoms with van der Waals surface area (Å²) in [5.74, 6) is -0.415. The standard InChI is InChI=1S/C8H3ClINOS/c9-5-1-2-7(10)6(3-5)8(12)11-4-13/h1-3H. The van der Waals surface area contributed by atoms with E-state index in [1.165, 1.54) is 0 Å². The first-order valence-electron chi connectivity index (χ1n) is 3.22. The predicted octanol–water partition coefficient (Wildman–Crippen LogP) is 3.19. The van der Waals surface area contributed by atoms with Crippen LogP contribution < -0.4 is 0 Å². The molecule has 0 aromatic heterocycles. The normalized spacial score (nSPS) is 9.08. The monoisotopic (exact) mass is 323 g/mol. The fraction of sp³-hybridized carbons (Fsp3) is 0. The second-order valence-electron chi connectivity index (χ2n) is 2.13. The summed E-state index contributed by atoms with van der Waals surface area (Å²) in [6, 6.07) is 5.01. The third-order valence-electron chi connectivity index (χ3n) is 1.31. The summed E-state index contributed by atoms with van der Waals surface area (Å²) in [5.41, 5.74) is 0.449. The molecule has 0 unspecified atom stereocenters. The van der Waals surface area contributed by atoms with E-state index in [1.807, 2.05) is 27.8 Å². The molecule has 5 heteroatoms. The van der Waals surface area contributed by atoms with E-state index in [1.54, 1.807) is 18.2 Å². The summed E-state index contributed by atoms with van der Waals surface area (Å²) in [7, 11) is 0. The Morgan fingerprint density at radius 3 is 2.92 bits per heavy atom. The Kier molecular flexibility index (Phi) is 3.99. The molecule has 0 fully saturated rings. The maximum Gasteiger partial charge on any atom is 0.286 e. The van der Waals surface area contributed by atoms with Gasteiger partial charge in [-0.2, -0.15) is 4.99 Å². The van der Waals surface area contributed by atoms with Crippen LogP contribution in [0.15, 0.2) is 23.2 Å². The third-order valence-corrected chi connectivity index (χ3v) is 2.57. The Morgan fingerprint density at radius 1 is 1.62 bits per heavy atom. The van der Waals surface area contributed by atoms with E-state index in [0.29, 0.717) is 10.6 Å². The maximum atomic E-state index is 11.3. The molecule has 66 valence electrons. The van der Waals surface area contributed by atoms with Crippen molar-refractivity contribution in [2.24, 2.45) is 4.99 Å². The zero-order valence-corrected chi connectivity index (χ0v) is 9.98. The maximum absolute atomic E-state index is 11.3. The minimum absolute atomic E-state index is 0.415. The molecule has 1 aromatic carbocycles. The van der Waals surface area contributed by atoms with Gasteiger partial charge in [-0.1, -0.05) is 11.6 Å². The Labute approximate surface area is 99.1 Å². The number of rotatable bonds is 1. The highest BCUT2D eigenvalue weighted by atomic mass is 127. The van der Waals surface area contributed by atoms with E-state index in [9.17, 15) is 4.79 Å². The first kappa shape index (κ1) is 10.8. The number of carbonyl (C=O) groups excluding carboxylic acids is 1. The van der Waals surface area contributed by atoms with Crippen LogP contribution in [0.5, 0.6) is 0 Å². The number of benzene rings is 1. The van der Waals surface area contributed by atoms with Crippen LogP contribution in [-0.2, 0) is 0 Å². The molecule has 0 heterocycles. The summed E-state index contributed by atoms with van der Waals surface area (Å²) < 4.78 is 0.793. The first-order chi connectivity index (χ1) is 6.15. The molecular formula is C8H3ClINOS. The van der Waals surface area contributed by atoms with Gasteiger partial charge in [-0.05, 0) is 53.0 Å². The molecule has 0 spiro atoms. The van der Waals surface area contributed by atoms with Crippen LogP contribution in [-0.4, -0.2) is 11.1 Å². The average Bonchev–Trinajstić information content (AvgIpc) is 2.09. The van der Waals surface area contributed by atoms with Gasteiger partial charge in [0.2, 0.25) is 0 Å². The Hall–Kier alpha value is -0.290. The molecule has 0 bridgehead atoms. The Balaban J connectivity index is 3.20. The highest BCUT2D eigenvalue weighted by Gasteiger charge is 2.08. The second-order valence-corrected chi connectivity index (χ2v) is 3.91. The Bertz CT molecular complexity index is 401. The molecule has 0 aliphatic rings. The largest absolute Gasteiger partial charge is 0.286 e. The molecule has 1 aromatic rings. The molecule has 0 radical (unpaired) electrons. The summed E-state index contributed by atoms with van der Waals surface area (Å²) in [5, 5.41) is 2.53. The van der Waals surface area contributed by atoms with Crippen molar-refractivity contribution in [2.75, 3.05) is 0 Å². The van der Waals surface area contributed by atoms with Crippen LogP contribution in [0.25, 0.3) is 0 Å². The van der Waals surface area contributed by atoms with E-state index in [-0.39, 0.29) is 0 Å². The van der Waals surface area contributed by atoms with Gasteiger partial charge in [0.15, 0.2) is 0 Å². The number of aliphatic imine (C=N–C) groups is 1. The van der Waals surface area contributed by atoms with Crippen molar-refractivity contribution in [1.29, 1.82) is 0 Å². The lowest BCUT2D eigenvalue weighted by Crippen LogP contribution is -1.97. The zero-order valence-electron chi connectivity index (χ0n) is 6.25. The van der Waals surface area contributed by atoms with Gasteiger partial charge in [0.25, 0.3) is 5.91 Å². The van der Waals surface area contributed by atoms with Crippen molar-refractivity contribution in [2.45, 2.75) is 0 Å². The summed E-state index contributed by atoms with van der Waals surface area (Å²) in [6.07, 6.45) is 0. The lowest BCUT2D eigenvalue weighted by Gasteiger charge is -1.98. The van der Waals surface area contributed by atoms with Crippen LogP contribution >= 0.6 is 46.4 Å². The summed E-state index contributed by atoms with van der Waals surface area (Å²) in [4.78, 5) is 14.6. The molecule has 0 saturated heterocycles. The van der Waals surface area contributed by atoms with E-state index < -0.39 is 5.91 Å². The van der Waals surface area contributed by atoms with Gasteiger partial charge in [-0.15, -0.1) is 0 Å². The van der Waals surface area contributed by atoms with Gasteiger partial charge < -0.3 is 0 Å². The van der Waals surface area contributed by atoms with E-state index in [2.05, 4.69) is 17.2 Å². The molecule has 0 atom stereocenters. The number of hydrogen-bond acceptors (Lipinski definition) is 2. The number of nitrogens with zero attached hydrogens (tertiary/aromatic N) is 1. The molecule has 0 aliphatic carbocycles. The van der Waals surface area contributed by atoms with E-state index in [0.717, 1.165) is 3.57 Å². The van der Waals surface area contributed by atoms with Crippen molar-refractivity contribution in [3.63, 3.8) is 0 Å². The van der Waals surface area contributed by atoms with Gasteiger partial charge in [0, 0.05) is 8.59 Å². The number of halogens is 2. The van der Waals surface area contributed by atoms with Crippen molar-refractivity contribution in [3.8, 4) is 0 Å². The number of hydrogen-bond donors (Lipinski definition) is 0. The highest BCUT2D eigenvalue weighted by Crippen LogP contribution is 2.18. The minimum Gasteiger partial charge on any atom is -0.266 e. The molecule has 2 nitrogen and oxygen atoms in total. The molecular weight excluding hydrogens is 321 g/mol. The van der Waals surface area contributed by atoms with E-state index >= 15 is 0 Å².